The molecule has 0 aliphatic heterocycles. The molecule has 5 aromatic carbocycles. The van der Waals surface area contributed by atoms with Gasteiger partial charge in [0.1, 0.15) is 5.82 Å². The van der Waals surface area contributed by atoms with Crippen molar-refractivity contribution in [3.8, 4) is 33.9 Å². The molecule has 0 N–H and O–H groups in total. The van der Waals surface area contributed by atoms with E-state index in [1.165, 1.54) is 16.5 Å². The maximum absolute atomic E-state index is 5.40. The summed E-state index contributed by atoms with van der Waals surface area (Å²) in [4.78, 5) is 9.67. The number of rotatable bonds is 4. The third-order valence-corrected chi connectivity index (χ3v) is 7.61. The van der Waals surface area contributed by atoms with E-state index in [1.54, 1.807) is 0 Å². The van der Waals surface area contributed by atoms with Gasteiger partial charge in [-0.25, -0.2) is 4.98 Å². The fourth-order valence-corrected chi connectivity index (χ4v) is 5.91. The molecule has 8 aromatic rings. The van der Waals surface area contributed by atoms with E-state index in [2.05, 4.69) is 135 Å². The lowest BCUT2D eigenvalue weighted by atomic mass is 10.0. The van der Waals surface area contributed by atoms with Crippen molar-refractivity contribution in [2.24, 2.45) is 0 Å². The monoisotopic (exact) mass is 512 g/mol. The first-order valence-corrected chi connectivity index (χ1v) is 13.4. The first-order chi connectivity index (χ1) is 19.9. The number of hydrogen-bond donors (Lipinski definition) is 0. The number of nitrogens with zero attached hydrogens (tertiary/aromatic N) is 4. The van der Waals surface area contributed by atoms with Crippen LogP contribution in [-0.4, -0.2) is 19.1 Å². The summed E-state index contributed by atoms with van der Waals surface area (Å²) >= 11 is 0. The molecule has 0 radical (unpaired) electrons. The minimum absolute atomic E-state index is 0.895. The molecule has 188 valence electrons. The number of pyridine rings is 1. The standard InChI is InChI=1S/C36H24N4/c1-4-12-25(13-5-1)30-24-32-34(38-36(26-20-22-37-23-21-26)40(32)28-16-8-3-9-17-28)33-29-18-10-11-19-31(29)39(35(30)33)27-14-6-2-7-15-27/h1-24H. The minimum Gasteiger partial charge on any atom is -0.309 e. The van der Waals surface area contributed by atoms with Gasteiger partial charge in [-0.05, 0) is 54.1 Å². The average molecular weight is 513 g/mol. The Hall–Kier alpha value is -5.48. The van der Waals surface area contributed by atoms with Gasteiger partial charge in [0.25, 0.3) is 0 Å². The van der Waals surface area contributed by atoms with Crippen molar-refractivity contribution in [2.75, 3.05) is 0 Å². The van der Waals surface area contributed by atoms with Gasteiger partial charge in [0.15, 0.2) is 0 Å². The highest BCUT2D eigenvalue weighted by atomic mass is 15.1. The molecule has 0 saturated heterocycles. The van der Waals surface area contributed by atoms with E-state index in [-0.39, 0.29) is 0 Å². The highest BCUT2D eigenvalue weighted by Crippen LogP contribution is 2.44. The van der Waals surface area contributed by atoms with Crippen LogP contribution in [0, 0.1) is 0 Å². The van der Waals surface area contributed by atoms with Gasteiger partial charge >= 0.3 is 0 Å². The summed E-state index contributed by atoms with van der Waals surface area (Å²) in [7, 11) is 0. The van der Waals surface area contributed by atoms with E-state index in [1.807, 2.05) is 24.5 Å². The van der Waals surface area contributed by atoms with Crippen LogP contribution in [0.3, 0.4) is 0 Å². The number of hydrogen-bond acceptors (Lipinski definition) is 2. The molecule has 0 unspecified atom stereocenters. The molecule has 40 heavy (non-hydrogen) atoms. The maximum Gasteiger partial charge on any atom is 0.145 e. The van der Waals surface area contributed by atoms with E-state index in [0.717, 1.165) is 50.2 Å². The summed E-state index contributed by atoms with van der Waals surface area (Å²) in [6.45, 7) is 0. The average Bonchev–Trinajstić information content (AvgIpc) is 3.59. The lowest BCUT2D eigenvalue weighted by Crippen LogP contribution is -1.98. The third kappa shape index (κ3) is 3.40. The highest BCUT2D eigenvalue weighted by Gasteiger charge is 2.24. The molecule has 4 heteroatoms. The zero-order valence-corrected chi connectivity index (χ0v) is 21.6. The molecule has 0 atom stereocenters. The lowest BCUT2D eigenvalue weighted by Gasteiger charge is -2.13. The Bertz CT molecular complexity index is 2130. The van der Waals surface area contributed by atoms with Gasteiger partial charge in [-0.15, -0.1) is 0 Å². The van der Waals surface area contributed by atoms with E-state index in [4.69, 9.17) is 4.98 Å². The Morgan fingerprint density at radius 3 is 1.80 bits per heavy atom. The first-order valence-electron chi connectivity index (χ1n) is 13.4. The molecule has 0 spiro atoms. The summed E-state index contributed by atoms with van der Waals surface area (Å²) in [5, 5.41) is 2.34. The Morgan fingerprint density at radius 1 is 0.500 bits per heavy atom. The third-order valence-electron chi connectivity index (χ3n) is 7.61. The SMILES string of the molecule is c1ccc(-c2cc3c(nc(-c4ccncc4)n3-c3ccccc3)c3c4ccccc4n(-c4ccccc4)c23)cc1. The number of para-hydroxylation sites is 3. The second-order valence-electron chi connectivity index (χ2n) is 9.91. The molecular weight excluding hydrogens is 488 g/mol. The quantitative estimate of drug-likeness (QED) is 0.236. The molecule has 3 heterocycles. The molecule has 0 saturated carbocycles. The van der Waals surface area contributed by atoms with Gasteiger partial charge in [-0.2, -0.15) is 0 Å². The van der Waals surface area contributed by atoms with Crippen molar-refractivity contribution < 1.29 is 0 Å². The van der Waals surface area contributed by atoms with Crippen LogP contribution in [0.25, 0.3) is 66.7 Å². The Morgan fingerprint density at radius 2 is 1.10 bits per heavy atom. The van der Waals surface area contributed by atoms with Crippen LogP contribution in [0.15, 0.2) is 146 Å². The second-order valence-corrected chi connectivity index (χ2v) is 9.91. The summed E-state index contributed by atoms with van der Waals surface area (Å²) in [5.74, 6) is 0.895. The highest BCUT2D eigenvalue weighted by molar-refractivity contribution is 6.24. The Labute approximate surface area is 231 Å². The summed E-state index contributed by atoms with van der Waals surface area (Å²) in [6.07, 6.45) is 3.66. The molecular formula is C36H24N4. The van der Waals surface area contributed by atoms with Crippen LogP contribution in [0.1, 0.15) is 0 Å². The van der Waals surface area contributed by atoms with Crippen molar-refractivity contribution in [1.82, 2.24) is 19.1 Å². The molecule has 0 fully saturated rings. The maximum atomic E-state index is 5.40. The van der Waals surface area contributed by atoms with Gasteiger partial charge in [0, 0.05) is 45.7 Å². The fraction of sp³-hybridized carbons (Fsp3) is 0. The number of aromatic nitrogens is 4. The van der Waals surface area contributed by atoms with Crippen molar-refractivity contribution >= 4 is 32.8 Å². The zero-order valence-electron chi connectivity index (χ0n) is 21.6. The van der Waals surface area contributed by atoms with Crippen molar-refractivity contribution in [3.05, 3.63) is 146 Å². The van der Waals surface area contributed by atoms with E-state index in [0.29, 0.717) is 0 Å². The van der Waals surface area contributed by atoms with Crippen LogP contribution in [-0.2, 0) is 0 Å². The molecule has 3 aromatic heterocycles. The second kappa shape index (κ2) is 9.07. The largest absolute Gasteiger partial charge is 0.309 e. The fourth-order valence-electron chi connectivity index (χ4n) is 5.91. The van der Waals surface area contributed by atoms with Crippen LogP contribution in [0.5, 0.6) is 0 Å². The van der Waals surface area contributed by atoms with Crippen LogP contribution in [0.2, 0.25) is 0 Å². The molecule has 4 nitrogen and oxygen atoms in total. The molecule has 0 bridgehead atoms. The summed E-state index contributed by atoms with van der Waals surface area (Å²) in [6, 6.07) is 46.8. The Balaban J connectivity index is 1.63. The first kappa shape index (κ1) is 22.5. The van der Waals surface area contributed by atoms with Crippen LogP contribution in [0.4, 0.5) is 0 Å². The Kier molecular flexibility index (Phi) is 5.10. The molecule has 0 aliphatic rings. The number of imidazole rings is 1. The predicted octanol–water partition coefficient (Wildman–Crippen LogP) is 8.85. The van der Waals surface area contributed by atoms with E-state index >= 15 is 0 Å². The molecule has 0 aliphatic carbocycles. The zero-order chi connectivity index (χ0) is 26.5. The molecule has 0 amide bonds. The van der Waals surface area contributed by atoms with Gasteiger partial charge in [0.05, 0.1) is 22.1 Å². The van der Waals surface area contributed by atoms with Crippen LogP contribution < -0.4 is 0 Å². The van der Waals surface area contributed by atoms with Gasteiger partial charge < -0.3 is 4.57 Å². The smallest absolute Gasteiger partial charge is 0.145 e. The normalized spacial score (nSPS) is 11.5. The summed E-state index contributed by atoms with van der Waals surface area (Å²) < 4.78 is 4.67. The van der Waals surface area contributed by atoms with Gasteiger partial charge in [0.2, 0.25) is 0 Å². The van der Waals surface area contributed by atoms with Gasteiger partial charge in [-0.3, -0.25) is 9.55 Å². The topological polar surface area (TPSA) is 35.6 Å². The van der Waals surface area contributed by atoms with E-state index in [9.17, 15) is 0 Å². The molecule has 8 rings (SSSR count). The minimum atomic E-state index is 0.895. The van der Waals surface area contributed by atoms with Crippen molar-refractivity contribution in [3.63, 3.8) is 0 Å². The number of fused-ring (bicyclic) bond motifs is 5. The van der Waals surface area contributed by atoms with Crippen LogP contribution >= 0.6 is 0 Å². The number of benzene rings is 5. The van der Waals surface area contributed by atoms with Gasteiger partial charge in [-0.1, -0.05) is 84.9 Å². The summed E-state index contributed by atoms with van der Waals surface area (Å²) in [5.41, 5.74) is 9.93. The van der Waals surface area contributed by atoms with E-state index < -0.39 is 0 Å². The van der Waals surface area contributed by atoms with Crippen molar-refractivity contribution in [2.45, 2.75) is 0 Å². The van der Waals surface area contributed by atoms with Crippen molar-refractivity contribution in [1.29, 1.82) is 0 Å². The lowest BCUT2D eigenvalue weighted by molar-refractivity contribution is 1.10. The predicted molar refractivity (Wildman–Crippen MR) is 164 cm³/mol.